The molecule has 64 valence electrons. The molecule has 10 heavy (non-hydrogen) atoms. The second-order valence-electron chi connectivity index (χ2n) is 0.860. The summed E-state index contributed by atoms with van der Waals surface area (Å²) >= 11 is -5.75. The van der Waals surface area contributed by atoms with Crippen LogP contribution in [0.4, 0.5) is 3.52 Å². The predicted molar refractivity (Wildman–Crippen MR) is 18.9 cm³/mol. The molecule has 0 rings (SSSR count). The Morgan fingerprint density at radius 3 is 1.20 bits per heavy atom. The van der Waals surface area contributed by atoms with Crippen LogP contribution in [0.15, 0.2) is 0 Å². The summed E-state index contributed by atoms with van der Waals surface area (Å²) in [7, 11) is -4.67. The van der Waals surface area contributed by atoms with Crippen LogP contribution in [0.25, 0.3) is 0 Å². The molecule has 7 nitrogen and oxygen atoms in total. The summed E-state index contributed by atoms with van der Waals surface area (Å²) in [5.74, 6) is 0. The molecule has 0 heterocycles. The van der Waals surface area contributed by atoms with Gasteiger partial charge in [-0.25, -0.2) is 0 Å². The van der Waals surface area contributed by atoms with Crippen molar-refractivity contribution in [3.63, 3.8) is 0 Å². The van der Waals surface area contributed by atoms with Crippen molar-refractivity contribution in [3.8, 4) is 0 Å². The molecule has 0 spiro atoms. The first-order valence-corrected chi connectivity index (χ1v) is 4.86. The summed E-state index contributed by atoms with van der Waals surface area (Å²) in [6.45, 7) is 0. The third kappa shape index (κ3) is 32400. The number of halogens is 1. The van der Waals surface area contributed by atoms with Crippen LogP contribution in [0.2, 0.25) is 0 Å². The van der Waals surface area contributed by atoms with Gasteiger partial charge >= 0.3 is 39.4 Å². The normalized spacial score (nSPS) is 11.6. The topological polar surface area (TPSA) is 129 Å². The number of hydrogen-bond acceptors (Lipinski definition) is 4. The Labute approximate surface area is 57.6 Å². The molecule has 0 aromatic rings. The minimum absolute atomic E-state index is 4.67. The van der Waals surface area contributed by atoms with Gasteiger partial charge in [-0.1, -0.05) is 0 Å². The molecule has 0 aliphatic rings. The standard InChI is InChI=1S/Cr.FH.H2O4S.H2O.2O/c;;1-5(2,3)4;;;/h;1H;(H2,1,2,3,4);1H2;;/q+2;;;;;/p-2. The Balaban J connectivity index is 0. The van der Waals surface area contributed by atoms with Gasteiger partial charge in [-0.2, -0.15) is 8.42 Å². The van der Waals surface area contributed by atoms with E-state index >= 15 is 0 Å². The van der Waals surface area contributed by atoms with E-state index in [2.05, 4.69) is 0 Å². The minimum atomic E-state index is -5.75. The van der Waals surface area contributed by atoms with E-state index < -0.39 is 24.1 Å². The van der Waals surface area contributed by atoms with Crippen LogP contribution in [-0.2, 0) is 31.7 Å². The Morgan fingerprint density at radius 2 is 1.20 bits per heavy atom. The fourth-order valence-corrected chi connectivity index (χ4v) is 0. The van der Waals surface area contributed by atoms with E-state index in [1.54, 1.807) is 0 Å². The summed E-state index contributed by atoms with van der Waals surface area (Å²) in [6.07, 6.45) is 0. The summed E-state index contributed by atoms with van der Waals surface area (Å²) in [5, 5.41) is 0. The zero-order chi connectivity index (χ0) is 9.00. The zero-order valence-corrected chi connectivity index (χ0v) is 6.26. The second kappa shape index (κ2) is 3.92. The molecule has 0 aliphatic heterocycles. The molecular formula is H3CrFO7S. The van der Waals surface area contributed by atoms with Crippen molar-refractivity contribution in [1.29, 1.82) is 0 Å². The van der Waals surface area contributed by atoms with Gasteiger partial charge in [0.25, 0.3) is 0 Å². The van der Waals surface area contributed by atoms with Gasteiger partial charge in [0.15, 0.2) is 0 Å². The molecule has 0 saturated carbocycles. The third-order valence-electron chi connectivity index (χ3n) is 0. The number of hydrogen-bond donors (Lipinski definition) is 3. The van der Waals surface area contributed by atoms with Crippen molar-refractivity contribution in [2.24, 2.45) is 0 Å². The molecule has 3 N–H and O–H groups in total. The summed E-state index contributed by atoms with van der Waals surface area (Å²) in [4.78, 5) is 0. The molecule has 0 radical (unpaired) electrons. The molecule has 0 fully saturated rings. The first-order chi connectivity index (χ1) is 4.00. The van der Waals surface area contributed by atoms with Crippen molar-refractivity contribution < 1.29 is 46.6 Å². The molecule has 0 aromatic carbocycles. The van der Waals surface area contributed by atoms with Crippen molar-refractivity contribution in [2.75, 3.05) is 0 Å². The average molecular weight is 218 g/mol. The van der Waals surface area contributed by atoms with E-state index in [-0.39, 0.29) is 0 Å². The van der Waals surface area contributed by atoms with Crippen molar-refractivity contribution in [2.45, 2.75) is 0 Å². The van der Waals surface area contributed by atoms with Gasteiger partial charge in [0.2, 0.25) is 0 Å². The Morgan fingerprint density at radius 1 is 1.20 bits per heavy atom. The Hall–Kier alpha value is -0.108. The summed E-state index contributed by atoms with van der Waals surface area (Å²) in [5.41, 5.74) is 0. The van der Waals surface area contributed by atoms with Crippen LogP contribution >= 0.6 is 0 Å². The Kier molecular flexibility index (Phi) is 4.92. The van der Waals surface area contributed by atoms with E-state index in [0.717, 1.165) is 0 Å². The van der Waals surface area contributed by atoms with Crippen molar-refractivity contribution >= 4 is 10.4 Å². The van der Waals surface area contributed by atoms with Gasteiger partial charge in [0.05, 0.1) is 0 Å². The molecule has 0 unspecified atom stereocenters. The molecule has 0 bridgehead atoms. The average Bonchev–Trinajstić information content (AvgIpc) is 1.12. The maximum atomic E-state index is 10.3. The van der Waals surface area contributed by atoms with Gasteiger partial charge in [0.1, 0.15) is 0 Å². The number of rotatable bonds is 0. The van der Waals surface area contributed by atoms with Crippen LogP contribution in [0, 0.1) is 0 Å². The summed E-state index contributed by atoms with van der Waals surface area (Å²) < 4.78 is 66.0. The zero-order valence-electron chi connectivity index (χ0n) is 4.17. The SMILES string of the molecule is O=S(=O)(O)O.[O]=[Cr](=[O])([OH])[F]. The van der Waals surface area contributed by atoms with Crippen molar-refractivity contribution in [1.82, 2.24) is 0 Å². The second-order valence-corrected chi connectivity index (χ2v) is 3.04. The fraction of sp³-hybridized carbons (Fsp3) is 0. The van der Waals surface area contributed by atoms with E-state index in [4.69, 9.17) is 29.3 Å². The monoisotopic (exact) mass is 218 g/mol. The van der Waals surface area contributed by atoms with Crippen molar-refractivity contribution in [3.05, 3.63) is 0 Å². The first kappa shape index (κ1) is 12.6. The fourth-order valence-electron chi connectivity index (χ4n) is 0. The van der Waals surface area contributed by atoms with Crippen LogP contribution in [0.3, 0.4) is 0 Å². The molecular weight excluding hydrogens is 215 g/mol. The van der Waals surface area contributed by atoms with Crippen LogP contribution < -0.4 is 0 Å². The van der Waals surface area contributed by atoms with Crippen LogP contribution in [0.5, 0.6) is 0 Å². The third-order valence-corrected chi connectivity index (χ3v) is 0. The predicted octanol–water partition coefficient (Wildman–Crippen LogP) is -1.03. The van der Waals surface area contributed by atoms with Gasteiger partial charge in [-0.05, 0) is 0 Å². The molecule has 0 aromatic heterocycles. The van der Waals surface area contributed by atoms with Gasteiger partial charge in [0, 0.05) is 0 Å². The molecule has 0 aliphatic carbocycles. The van der Waals surface area contributed by atoms with Crippen LogP contribution in [0.1, 0.15) is 0 Å². The summed E-state index contributed by atoms with van der Waals surface area (Å²) in [6, 6.07) is 0. The first-order valence-electron chi connectivity index (χ1n) is 1.37. The molecule has 0 saturated heterocycles. The maximum absolute atomic E-state index is 10.3. The van der Waals surface area contributed by atoms with Gasteiger partial charge in [-0.3, -0.25) is 9.11 Å². The molecule has 10 heteroatoms. The molecule has 0 atom stereocenters. The van der Waals surface area contributed by atoms with Gasteiger partial charge < -0.3 is 0 Å². The van der Waals surface area contributed by atoms with E-state index in [1.807, 2.05) is 0 Å². The van der Waals surface area contributed by atoms with Gasteiger partial charge in [-0.15, -0.1) is 0 Å². The van der Waals surface area contributed by atoms with E-state index in [1.165, 1.54) is 0 Å². The molecule has 0 amide bonds. The quantitative estimate of drug-likeness (QED) is 0.443. The van der Waals surface area contributed by atoms with E-state index in [0.29, 0.717) is 0 Å². The van der Waals surface area contributed by atoms with E-state index in [9.17, 15) is 3.52 Å². The van der Waals surface area contributed by atoms with Crippen LogP contribution in [-0.4, -0.2) is 21.7 Å². The Bertz CT molecular complexity index is 210.